The predicted molar refractivity (Wildman–Crippen MR) is 123 cm³/mol. The van der Waals surface area contributed by atoms with Crippen LogP contribution in [0.15, 0.2) is 77.3 Å². The number of carbonyl (C=O) groups excluding carboxylic acids is 1. The quantitative estimate of drug-likeness (QED) is 0.468. The molecule has 0 spiro atoms. The van der Waals surface area contributed by atoms with Crippen molar-refractivity contribution in [1.82, 2.24) is 9.55 Å². The lowest BCUT2D eigenvalue weighted by Crippen LogP contribution is -2.32. The average molecular weight is 428 g/mol. The number of nitrogens with one attached hydrogen (secondary N) is 1. The second-order valence-corrected chi connectivity index (χ2v) is 9.01. The van der Waals surface area contributed by atoms with E-state index in [4.69, 9.17) is 9.72 Å². The summed E-state index contributed by atoms with van der Waals surface area (Å²) in [6, 6.07) is 20.2. The molecule has 2 atom stereocenters. The number of ketones is 1. The Morgan fingerprint density at radius 3 is 2.68 bits per heavy atom. The molecule has 0 unspecified atom stereocenters. The summed E-state index contributed by atoms with van der Waals surface area (Å²) in [5.41, 5.74) is 5.01. The van der Waals surface area contributed by atoms with E-state index in [1.807, 2.05) is 30.3 Å². The molecule has 1 N–H and O–H groups in total. The molecule has 0 amide bonds. The van der Waals surface area contributed by atoms with Gasteiger partial charge in [-0.15, -0.1) is 11.3 Å². The molecule has 6 rings (SSSR count). The molecule has 4 aromatic rings. The van der Waals surface area contributed by atoms with Crippen LogP contribution in [0.3, 0.4) is 0 Å². The summed E-state index contributed by atoms with van der Waals surface area (Å²) in [6.45, 7) is 0. The molecule has 0 saturated heterocycles. The highest BCUT2D eigenvalue weighted by atomic mass is 32.1. The van der Waals surface area contributed by atoms with Gasteiger partial charge >= 0.3 is 0 Å². The molecule has 0 bridgehead atoms. The van der Waals surface area contributed by atoms with Crippen LogP contribution in [-0.2, 0) is 4.79 Å². The third-order valence-corrected chi connectivity index (χ3v) is 7.22. The Morgan fingerprint density at radius 1 is 1.06 bits per heavy atom. The fourth-order valence-electron chi connectivity index (χ4n) is 4.85. The minimum atomic E-state index is -0.136. The van der Waals surface area contributed by atoms with E-state index >= 15 is 0 Å². The van der Waals surface area contributed by atoms with Gasteiger partial charge in [0.2, 0.25) is 5.95 Å². The first-order valence-electron chi connectivity index (χ1n) is 10.4. The van der Waals surface area contributed by atoms with Gasteiger partial charge in [0.1, 0.15) is 11.8 Å². The van der Waals surface area contributed by atoms with E-state index in [9.17, 15) is 4.79 Å². The van der Waals surface area contributed by atoms with E-state index < -0.39 is 0 Å². The molecule has 2 aliphatic rings. The summed E-state index contributed by atoms with van der Waals surface area (Å²) in [7, 11) is 1.67. The average Bonchev–Trinajstić information content (AvgIpc) is 3.45. The lowest BCUT2D eigenvalue weighted by atomic mass is 9.78. The van der Waals surface area contributed by atoms with Crippen molar-refractivity contribution in [3.63, 3.8) is 0 Å². The van der Waals surface area contributed by atoms with Crippen molar-refractivity contribution in [3.8, 4) is 5.75 Å². The second-order valence-electron chi connectivity index (χ2n) is 8.03. The number of benzene rings is 2. The maximum Gasteiger partial charge on any atom is 0.209 e. The number of nitrogens with zero attached hydrogens (tertiary/aromatic N) is 2. The first-order chi connectivity index (χ1) is 15.2. The Kier molecular flexibility index (Phi) is 4.21. The molecule has 2 aromatic heterocycles. The Morgan fingerprint density at radius 2 is 1.90 bits per heavy atom. The van der Waals surface area contributed by atoms with Gasteiger partial charge < -0.3 is 10.1 Å². The van der Waals surface area contributed by atoms with Gasteiger partial charge in [0.05, 0.1) is 18.1 Å². The van der Waals surface area contributed by atoms with E-state index in [1.165, 1.54) is 0 Å². The van der Waals surface area contributed by atoms with Crippen LogP contribution < -0.4 is 10.1 Å². The summed E-state index contributed by atoms with van der Waals surface area (Å²) in [6.07, 6.45) is 1.30. The van der Waals surface area contributed by atoms with Crippen molar-refractivity contribution in [2.75, 3.05) is 12.4 Å². The summed E-state index contributed by atoms with van der Waals surface area (Å²) in [4.78, 5) is 19.6. The van der Waals surface area contributed by atoms with Crippen LogP contribution in [0.1, 0.15) is 35.2 Å². The van der Waals surface area contributed by atoms with Gasteiger partial charge in [0.15, 0.2) is 5.78 Å². The molecule has 31 heavy (non-hydrogen) atoms. The van der Waals surface area contributed by atoms with Gasteiger partial charge in [0, 0.05) is 22.6 Å². The van der Waals surface area contributed by atoms with Crippen LogP contribution in [0.2, 0.25) is 0 Å². The zero-order valence-corrected chi connectivity index (χ0v) is 17.9. The van der Waals surface area contributed by atoms with Crippen molar-refractivity contribution in [2.45, 2.75) is 24.8 Å². The van der Waals surface area contributed by atoms with Crippen molar-refractivity contribution >= 4 is 34.1 Å². The van der Waals surface area contributed by atoms with Gasteiger partial charge in [-0.1, -0.05) is 30.3 Å². The number of thiophene rings is 1. The maximum absolute atomic E-state index is 13.6. The van der Waals surface area contributed by atoms with Gasteiger partial charge in [0.25, 0.3) is 0 Å². The molecule has 2 aromatic carbocycles. The highest BCUT2D eigenvalue weighted by molar-refractivity contribution is 7.10. The van der Waals surface area contributed by atoms with Gasteiger partial charge in [-0.2, -0.15) is 0 Å². The van der Waals surface area contributed by atoms with Crippen LogP contribution in [0, 0.1) is 0 Å². The van der Waals surface area contributed by atoms with Crippen molar-refractivity contribution < 1.29 is 9.53 Å². The van der Waals surface area contributed by atoms with E-state index in [2.05, 4.69) is 45.6 Å². The number of fused-ring (bicyclic) bond motifs is 3. The molecule has 154 valence electrons. The standard InChI is InChI=1S/C25H21N3O2S/c1-30-17-10-8-15(9-11-17)16-13-19-23(21(29)14-16)24(22-7-4-12-31-22)28-20-6-3-2-5-18(20)26-25(28)27-19/h2-12,16,24H,13-14H2,1H3,(H,26,27)/t16-,24+/m1/s1. The molecule has 3 heterocycles. The molecular formula is C25H21N3O2S. The molecule has 1 aliphatic heterocycles. The maximum atomic E-state index is 13.6. The van der Waals surface area contributed by atoms with Crippen molar-refractivity contribution in [1.29, 1.82) is 0 Å². The fourth-order valence-corrected chi connectivity index (χ4v) is 5.68. The van der Waals surface area contributed by atoms with Crippen LogP contribution in [0.25, 0.3) is 11.0 Å². The number of allylic oxidation sites excluding steroid dienone is 2. The number of methoxy groups -OCH3 is 1. The summed E-state index contributed by atoms with van der Waals surface area (Å²) < 4.78 is 7.47. The largest absolute Gasteiger partial charge is 0.497 e. The zero-order chi connectivity index (χ0) is 20.9. The van der Waals surface area contributed by atoms with Gasteiger partial charge in [-0.3, -0.25) is 9.36 Å². The number of imidazole rings is 1. The van der Waals surface area contributed by atoms with Crippen LogP contribution >= 0.6 is 11.3 Å². The molecule has 0 saturated carbocycles. The number of hydrogen-bond acceptors (Lipinski definition) is 5. The second kappa shape index (κ2) is 7.10. The van der Waals surface area contributed by atoms with Crippen LogP contribution in [0.5, 0.6) is 5.75 Å². The number of para-hydroxylation sites is 2. The number of anilines is 1. The highest BCUT2D eigenvalue weighted by Gasteiger charge is 2.39. The first-order valence-corrected chi connectivity index (χ1v) is 11.3. The number of Topliss-reactive ketones (excluding diaryl/α,β-unsaturated/α-hetero) is 1. The third kappa shape index (κ3) is 2.90. The predicted octanol–water partition coefficient (Wildman–Crippen LogP) is 5.52. The zero-order valence-electron chi connectivity index (χ0n) is 17.0. The number of aromatic nitrogens is 2. The lowest BCUT2D eigenvalue weighted by molar-refractivity contribution is -0.116. The van der Waals surface area contributed by atoms with Crippen LogP contribution in [0.4, 0.5) is 5.95 Å². The normalized spacial score (nSPS) is 20.4. The van der Waals surface area contributed by atoms with Gasteiger partial charge in [-0.05, 0) is 53.6 Å². The topological polar surface area (TPSA) is 56.1 Å². The molecule has 0 radical (unpaired) electrons. The van der Waals surface area contributed by atoms with Gasteiger partial charge in [-0.25, -0.2) is 4.98 Å². The molecule has 0 fully saturated rings. The Balaban J connectivity index is 1.47. The number of hydrogen-bond donors (Lipinski definition) is 1. The smallest absolute Gasteiger partial charge is 0.209 e. The number of ether oxygens (including phenoxy) is 1. The Bertz CT molecular complexity index is 1320. The fraction of sp³-hybridized carbons (Fsp3) is 0.200. The van der Waals surface area contributed by atoms with E-state index in [0.29, 0.717) is 6.42 Å². The van der Waals surface area contributed by atoms with Crippen LogP contribution in [-0.4, -0.2) is 22.4 Å². The third-order valence-electron chi connectivity index (χ3n) is 6.30. The number of rotatable bonds is 3. The molecule has 1 aliphatic carbocycles. The van der Waals surface area contributed by atoms with E-state index in [-0.39, 0.29) is 17.7 Å². The first kappa shape index (κ1) is 18.4. The minimum absolute atomic E-state index is 0.136. The Labute approximate surface area is 184 Å². The van der Waals surface area contributed by atoms with E-state index in [1.54, 1.807) is 18.4 Å². The van der Waals surface area contributed by atoms with Crippen molar-refractivity contribution in [3.05, 3.63) is 87.8 Å². The SMILES string of the molecule is COc1ccc([C@H]2CC(=O)C3=C(C2)Nc2nc4ccccc4n2[C@H]3c2cccs2)cc1. The summed E-state index contributed by atoms with van der Waals surface area (Å²) in [5, 5.41) is 5.60. The highest BCUT2D eigenvalue weighted by Crippen LogP contribution is 2.46. The summed E-state index contributed by atoms with van der Waals surface area (Å²) in [5.74, 6) is 1.98. The number of carbonyl (C=O) groups is 1. The van der Waals surface area contributed by atoms with Crippen molar-refractivity contribution in [2.24, 2.45) is 0 Å². The lowest BCUT2D eigenvalue weighted by Gasteiger charge is -2.35. The molecule has 5 nitrogen and oxygen atoms in total. The summed E-state index contributed by atoms with van der Waals surface area (Å²) >= 11 is 1.69. The Hall–Kier alpha value is -3.38. The monoisotopic (exact) mass is 427 g/mol. The molecule has 6 heteroatoms. The van der Waals surface area contributed by atoms with E-state index in [0.717, 1.165) is 50.9 Å². The molecular weight excluding hydrogens is 406 g/mol. The minimum Gasteiger partial charge on any atom is -0.497 e.